The van der Waals surface area contributed by atoms with Crippen LogP contribution in [0.1, 0.15) is 41.5 Å². The standard InChI is InChI=1S/C20H22O4.2C7H7.Sn/c21-18(22)12-7-13-20(19(23)24,14-16-8-3-1-4-9-16)15-17-10-5-2-6-11-17;2*1-7-5-3-2-4-6-7;/h1-6,8-11H,7,12-15H2,(H,21,22)(H,23,24);2*2-6H,1H2;/q;;;+2/p-2. The second kappa shape index (κ2) is 16.6. The van der Waals surface area contributed by atoms with Gasteiger partial charge in [-0.3, -0.25) is 0 Å². The summed E-state index contributed by atoms with van der Waals surface area (Å²) >= 11 is -0.258. The van der Waals surface area contributed by atoms with E-state index in [9.17, 15) is 19.8 Å². The van der Waals surface area contributed by atoms with Gasteiger partial charge in [-0.05, 0) is 43.2 Å². The van der Waals surface area contributed by atoms with Gasteiger partial charge in [0.2, 0.25) is 0 Å². The fourth-order valence-corrected chi connectivity index (χ4v) is 7.92. The number of hydrogen-bond donors (Lipinski definition) is 0. The van der Waals surface area contributed by atoms with Crippen molar-refractivity contribution in [3.05, 3.63) is 144 Å². The van der Waals surface area contributed by atoms with Gasteiger partial charge in [0.15, 0.2) is 0 Å². The van der Waals surface area contributed by atoms with E-state index < -0.39 is 17.4 Å². The summed E-state index contributed by atoms with van der Waals surface area (Å²) in [4.78, 5) is 22.7. The Morgan fingerprint density at radius 3 is 1.26 bits per heavy atom. The van der Waals surface area contributed by atoms with Crippen LogP contribution in [-0.2, 0) is 31.3 Å². The van der Waals surface area contributed by atoms with Crippen LogP contribution in [0.25, 0.3) is 0 Å². The fraction of sp³-hybridized carbons (Fsp3) is 0.235. The topological polar surface area (TPSA) is 80.3 Å². The third-order valence-electron chi connectivity index (χ3n) is 6.58. The molecular weight excluding hydrogens is 591 g/mol. The maximum absolute atomic E-state index is 12.0. The van der Waals surface area contributed by atoms with Gasteiger partial charge in [-0.15, -0.1) is 0 Å². The molecule has 0 heterocycles. The van der Waals surface area contributed by atoms with E-state index in [1.54, 1.807) is 0 Å². The third-order valence-corrected chi connectivity index (χ3v) is 10.3. The van der Waals surface area contributed by atoms with Crippen LogP contribution >= 0.6 is 0 Å². The van der Waals surface area contributed by atoms with Gasteiger partial charge in [-0.2, -0.15) is 0 Å². The Labute approximate surface area is 242 Å². The number of carboxylic acid groups (broad SMARTS) is 2. The molecule has 0 unspecified atom stereocenters. The molecule has 4 rings (SSSR count). The molecule has 0 aromatic heterocycles. The van der Waals surface area contributed by atoms with E-state index in [2.05, 4.69) is 60.7 Å². The minimum absolute atomic E-state index is 0.154. The van der Waals surface area contributed by atoms with Gasteiger partial charge in [-0.25, -0.2) is 0 Å². The van der Waals surface area contributed by atoms with Gasteiger partial charge in [0.1, 0.15) is 0 Å². The molecule has 4 nitrogen and oxygen atoms in total. The van der Waals surface area contributed by atoms with Crippen LogP contribution < -0.4 is 10.2 Å². The van der Waals surface area contributed by atoms with Crippen molar-refractivity contribution in [1.82, 2.24) is 0 Å². The number of aliphatic carboxylic acids is 2. The molecule has 0 aliphatic carbocycles. The van der Waals surface area contributed by atoms with Crippen molar-refractivity contribution in [1.29, 1.82) is 0 Å². The summed E-state index contributed by atoms with van der Waals surface area (Å²) in [5, 5.41) is 22.7. The summed E-state index contributed by atoms with van der Waals surface area (Å²) < 4.78 is 2.69. The molecule has 198 valence electrons. The Kier molecular flexibility index (Phi) is 12.8. The first-order valence-electron chi connectivity index (χ1n) is 13.2. The number of hydrogen-bond acceptors (Lipinski definition) is 4. The molecular formula is C34H34O4Sn. The predicted octanol–water partition coefficient (Wildman–Crippen LogP) is 4.22. The first-order chi connectivity index (χ1) is 19.0. The number of benzene rings is 4. The third kappa shape index (κ3) is 11.1. The molecule has 4 aromatic rings. The molecule has 0 aliphatic heterocycles. The molecule has 0 saturated heterocycles. The van der Waals surface area contributed by atoms with Crippen LogP contribution in [0.5, 0.6) is 0 Å². The molecule has 4 aromatic carbocycles. The molecule has 0 radical (unpaired) electrons. The number of rotatable bonds is 13. The first-order valence-corrected chi connectivity index (χ1v) is 17.3. The second-order valence-corrected chi connectivity index (χ2v) is 13.1. The Morgan fingerprint density at radius 2 is 0.923 bits per heavy atom. The monoisotopic (exact) mass is 626 g/mol. The summed E-state index contributed by atoms with van der Waals surface area (Å²) in [5.74, 6) is -2.31. The van der Waals surface area contributed by atoms with Crippen molar-refractivity contribution in [3.8, 4) is 0 Å². The van der Waals surface area contributed by atoms with Crippen LogP contribution in [0.15, 0.2) is 121 Å². The quantitative estimate of drug-likeness (QED) is 0.209. The zero-order valence-electron chi connectivity index (χ0n) is 22.1. The summed E-state index contributed by atoms with van der Waals surface area (Å²) in [6, 6.07) is 40.4. The van der Waals surface area contributed by atoms with Crippen molar-refractivity contribution in [3.63, 3.8) is 0 Å². The van der Waals surface area contributed by atoms with Crippen LogP contribution in [0.2, 0.25) is 0 Å². The van der Waals surface area contributed by atoms with Crippen molar-refractivity contribution in [2.75, 3.05) is 0 Å². The fourth-order valence-electron chi connectivity index (χ4n) is 4.57. The maximum atomic E-state index is 12.0. The van der Waals surface area contributed by atoms with Crippen LogP contribution in [0.4, 0.5) is 0 Å². The average Bonchev–Trinajstić information content (AvgIpc) is 2.95. The van der Waals surface area contributed by atoms with E-state index in [1.807, 2.05) is 60.7 Å². The molecule has 0 bridgehead atoms. The average molecular weight is 625 g/mol. The molecule has 0 fully saturated rings. The Hall–Kier alpha value is -3.38. The van der Waals surface area contributed by atoms with E-state index in [0.717, 1.165) is 11.1 Å². The molecule has 5 heteroatoms. The van der Waals surface area contributed by atoms with Gasteiger partial charge in [-0.1, -0.05) is 60.7 Å². The van der Waals surface area contributed by atoms with Gasteiger partial charge in [0.25, 0.3) is 0 Å². The number of carbonyl (C=O) groups excluding carboxylic acids is 2. The van der Waals surface area contributed by atoms with E-state index in [1.165, 1.54) is 20.0 Å². The van der Waals surface area contributed by atoms with Crippen molar-refractivity contribution < 1.29 is 19.8 Å². The van der Waals surface area contributed by atoms with Gasteiger partial charge < -0.3 is 19.8 Å². The zero-order valence-corrected chi connectivity index (χ0v) is 25.0. The Bertz CT molecular complexity index is 1160. The van der Waals surface area contributed by atoms with Gasteiger partial charge in [0, 0.05) is 17.4 Å². The van der Waals surface area contributed by atoms with Crippen molar-refractivity contribution in [2.45, 2.75) is 41.0 Å². The molecule has 39 heavy (non-hydrogen) atoms. The zero-order chi connectivity index (χ0) is 27.8. The number of carboxylic acids is 2. The van der Waals surface area contributed by atoms with Gasteiger partial charge in [0.05, 0.1) is 0 Å². The molecule has 0 spiro atoms. The summed E-state index contributed by atoms with van der Waals surface area (Å²) in [7, 11) is 0. The molecule has 0 saturated carbocycles. The van der Waals surface area contributed by atoms with Crippen LogP contribution in [0.3, 0.4) is 0 Å². The molecule has 0 N–H and O–H groups in total. The normalized spacial score (nSPS) is 10.6. The van der Waals surface area contributed by atoms with Crippen molar-refractivity contribution >= 4 is 33.1 Å². The van der Waals surface area contributed by atoms with E-state index in [-0.39, 0.29) is 40.4 Å². The summed E-state index contributed by atoms with van der Waals surface area (Å²) in [6.45, 7) is 0. The first kappa shape index (κ1) is 30.2. The number of carbonyl (C=O) groups is 2. The van der Waals surface area contributed by atoms with E-state index in [0.29, 0.717) is 12.8 Å². The minimum atomic E-state index is -1.17. The van der Waals surface area contributed by atoms with E-state index >= 15 is 0 Å². The van der Waals surface area contributed by atoms with E-state index in [4.69, 9.17) is 0 Å². The van der Waals surface area contributed by atoms with Gasteiger partial charge >= 0.3 is 102 Å². The second-order valence-electron chi connectivity index (χ2n) is 9.69. The Balaban J connectivity index is 0.000000239. The molecule has 0 atom stereocenters. The summed E-state index contributed by atoms with van der Waals surface area (Å²) in [6.07, 6.45) is 0.928. The molecule has 0 aliphatic rings. The molecule has 0 amide bonds. The van der Waals surface area contributed by atoms with Crippen LogP contribution in [0, 0.1) is 5.41 Å². The van der Waals surface area contributed by atoms with Crippen molar-refractivity contribution in [2.24, 2.45) is 5.41 Å². The Morgan fingerprint density at radius 1 is 0.564 bits per heavy atom. The summed E-state index contributed by atoms with van der Waals surface area (Å²) in [5.41, 5.74) is 3.68. The predicted molar refractivity (Wildman–Crippen MR) is 153 cm³/mol. The van der Waals surface area contributed by atoms with Crippen LogP contribution in [-0.4, -0.2) is 33.1 Å². The SMILES string of the molecule is O=C([O-])CCCC(Cc1ccccc1)(Cc1ccccc1)C(=O)[O-].c1ccc([CH2][Sn+2][CH2]c2ccccc2)cc1.